The van der Waals surface area contributed by atoms with Gasteiger partial charge in [-0.05, 0) is 24.3 Å². The van der Waals surface area contributed by atoms with Gasteiger partial charge in [-0.3, -0.25) is 4.79 Å². The van der Waals surface area contributed by atoms with Crippen molar-refractivity contribution >= 4 is 12.2 Å². The summed E-state index contributed by atoms with van der Waals surface area (Å²) in [5, 5.41) is 6.22. The number of hydrogen-bond acceptors (Lipinski definition) is 4. The first-order valence-corrected chi connectivity index (χ1v) is 8.30. The molecule has 0 saturated carbocycles. The predicted octanol–water partition coefficient (Wildman–Crippen LogP) is 4.60. The molecule has 0 fully saturated rings. The lowest BCUT2D eigenvalue weighted by Gasteiger charge is -2.12. The maximum absolute atomic E-state index is 14.0. The number of nitrogens with one attached hydrogen (secondary N) is 1. The minimum absolute atomic E-state index is 0.0106. The van der Waals surface area contributed by atoms with Crippen LogP contribution < -0.4 is 10.1 Å². The van der Waals surface area contributed by atoms with Crippen LogP contribution in [-0.2, 0) is 11.0 Å². The van der Waals surface area contributed by atoms with Gasteiger partial charge < -0.3 is 10.1 Å². The van der Waals surface area contributed by atoms with E-state index in [2.05, 4.69) is 20.1 Å². The van der Waals surface area contributed by atoms with Gasteiger partial charge in [-0.15, -0.1) is 5.10 Å². The SMILES string of the molecule is O=CNc1cc(-c2cc(F)cc(OCC(F)(F)F)c2)n(-c2ccc(C(F)(F)F)nc2)n1. The van der Waals surface area contributed by atoms with Crippen LogP contribution in [0, 0.1) is 5.82 Å². The topological polar surface area (TPSA) is 69.0 Å². The second-order valence-electron chi connectivity index (χ2n) is 6.07. The number of ether oxygens (including phenoxy) is 1. The van der Waals surface area contributed by atoms with Gasteiger partial charge in [0.15, 0.2) is 12.4 Å². The molecule has 0 saturated heterocycles. The molecule has 0 aliphatic carbocycles. The first kappa shape index (κ1) is 22.1. The van der Waals surface area contributed by atoms with E-state index in [-0.39, 0.29) is 29.2 Å². The lowest BCUT2D eigenvalue weighted by Crippen LogP contribution is -2.19. The van der Waals surface area contributed by atoms with E-state index in [1.807, 2.05) is 0 Å². The van der Waals surface area contributed by atoms with E-state index in [9.17, 15) is 35.5 Å². The molecule has 2 aromatic heterocycles. The Morgan fingerprint density at radius 3 is 2.39 bits per heavy atom. The Balaban J connectivity index is 2.05. The summed E-state index contributed by atoms with van der Waals surface area (Å²) in [4.78, 5) is 14.0. The minimum Gasteiger partial charge on any atom is -0.484 e. The minimum atomic E-state index is -4.68. The molecule has 0 aliphatic rings. The fourth-order valence-electron chi connectivity index (χ4n) is 2.55. The van der Waals surface area contributed by atoms with E-state index < -0.39 is 36.2 Å². The smallest absolute Gasteiger partial charge is 0.433 e. The summed E-state index contributed by atoms with van der Waals surface area (Å²) >= 11 is 0. The molecule has 13 heteroatoms. The normalized spacial score (nSPS) is 12.0. The highest BCUT2D eigenvalue weighted by molar-refractivity contribution is 5.74. The second kappa shape index (κ2) is 8.24. The third-order valence-electron chi connectivity index (χ3n) is 3.77. The number of anilines is 1. The molecule has 6 nitrogen and oxygen atoms in total. The van der Waals surface area contributed by atoms with Gasteiger partial charge in [0.2, 0.25) is 6.41 Å². The maximum Gasteiger partial charge on any atom is 0.433 e. The predicted molar refractivity (Wildman–Crippen MR) is 93.0 cm³/mol. The molecule has 164 valence electrons. The molecule has 1 N–H and O–H groups in total. The van der Waals surface area contributed by atoms with Crippen molar-refractivity contribution in [3.05, 3.63) is 54.1 Å². The van der Waals surface area contributed by atoms with Gasteiger partial charge in [0.25, 0.3) is 0 Å². The van der Waals surface area contributed by atoms with Crippen molar-refractivity contribution in [2.45, 2.75) is 12.4 Å². The van der Waals surface area contributed by atoms with Gasteiger partial charge in [-0.1, -0.05) is 0 Å². The number of halogens is 7. The van der Waals surface area contributed by atoms with Gasteiger partial charge in [-0.2, -0.15) is 26.3 Å². The molecule has 3 rings (SSSR count). The highest BCUT2D eigenvalue weighted by Gasteiger charge is 2.32. The molecule has 0 aliphatic heterocycles. The van der Waals surface area contributed by atoms with Crippen LogP contribution >= 0.6 is 0 Å². The average molecular weight is 448 g/mol. The summed E-state index contributed by atoms with van der Waals surface area (Å²) in [5.41, 5.74) is -1.11. The Kier molecular flexibility index (Phi) is 5.86. The van der Waals surface area contributed by atoms with Gasteiger partial charge in [-0.25, -0.2) is 14.1 Å². The monoisotopic (exact) mass is 448 g/mol. The van der Waals surface area contributed by atoms with E-state index in [0.29, 0.717) is 6.07 Å². The fraction of sp³-hybridized carbons (Fsp3) is 0.167. The van der Waals surface area contributed by atoms with Gasteiger partial charge >= 0.3 is 12.4 Å². The van der Waals surface area contributed by atoms with Gasteiger partial charge in [0, 0.05) is 17.7 Å². The number of amides is 1. The number of alkyl halides is 6. The van der Waals surface area contributed by atoms with E-state index >= 15 is 0 Å². The Bertz CT molecular complexity index is 1080. The number of nitrogens with zero attached hydrogens (tertiary/aromatic N) is 3. The van der Waals surface area contributed by atoms with Crippen molar-refractivity contribution in [2.24, 2.45) is 0 Å². The molecule has 0 unspecified atom stereocenters. The van der Waals surface area contributed by atoms with Crippen molar-refractivity contribution in [1.29, 1.82) is 0 Å². The Morgan fingerprint density at radius 2 is 1.81 bits per heavy atom. The summed E-state index contributed by atoms with van der Waals surface area (Å²) in [6, 6.07) is 5.75. The van der Waals surface area contributed by atoms with Crippen LogP contribution in [0.5, 0.6) is 5.75 Å². The Morgan fingerprint density at radius 1 is 1.06 bits per heavy atom. The number of hydrogen-bond donors (Lipinski definition) is 1. The summed E-state index contributed by atoms with van der Waals surface area (Å²) in [6.07, 6.45) is -8.19. The lowest BCUT2D eigenvalue weighted by molar-refractivity contribution is -0.153. The zero-order valence-electron chi connectivity index (χ0n) is 15.1. The number of rotatable bonds is 6. The van der Waals surface area contributed by atoms with Gasteiger partial charge in [0.1, 0.15) is 17.3 Å². The highest BCUT2D eigenvalue weighted by Crippen LogP contribution is 2.32. The molecular weight excluding hydrogens is 437 g/mol. The first-order valence-electron chi connectivity index (χ1n) is 8.30. The Hall–Kier alpha value is -3.64. The van der Waals surface area contributed by atoms with Gasteiger partial charge in [0.05, 0.1) is 17.6 Å². The highest BCUT2D eigenvalue weighted by atomic mass is 19.4. The summed E-state index contributed by atoms with van der Waals surface area (Å²) in [6.45, 7) is -1.66. The zero-order chi connectivity index (χ0) is 22.8. The molecule has 1 amide bonds. The first-order chi connectivity index (χ1) is 14.5. The second-order valence-corrected chi connectivity index (χ2v) is 6.07. The molecule has 2 heterocycles. The lowest BCUT2D eigenvalue weighted by atomic mass is 10.1. The largest absolute Gasteiger partial charge is 0.484 e. The summed E-state index contributed by atoms with van der Waals surface area (Å²) in [5.74, 6) is -1.42. The van der Waals surface area contributed by atoms with E-state index in [0.717, 1.165) is 35.1 Å². The van der Waals surface area contributed by atoms with Crippen LogP contribution in [0.2, 0.25) is 0 Å². The molecule has 1 aromatic carbocycles. The molecule has 3 aromatic rings. The Labute approximate surface area is 169 Å². The van der Waals surface area contributed by atoms with Crippen molar-refractivity contribution < 1.29 is 40.3 Å². The van der Waals surface area contributed by atoms with E-state index in [1.54, 1.807) is 0 Å². The maximum atomic E-state index is 14.0. The van der Waals surface area contributed by atoms with Crippen LogP contribution in [0.25, 0.3) is 16.9 Å². The van der Waals surface area contributed by atoms with Crippen LogP contribution in [0.3, 0.4) is 0 Å². The van der Waals surface area contributed by atoms with E-state index in [1.165, 1.54) is 6.07 Å². The third kappa shape index (κ3) is 5.49. The number of benzene rings is 1. The summed E-state index contributed by atoms with van der Waals surface area (Å²) in [7, 11) is 0. The molecule has 0 bridgehead atoms. The van der Waals surface area contributed by atoms with Crippen molar-refractivity contribution in [2.75, 3.05) is 11.9 Å². The molecule has 0 radical (unpaired) electrons. The molecule has 0 atom stereocenters. The average Bonchev–Trinajstić information content (AvgIpc) is 3.09. The molecule has 31 heavy (non-hydrogen) atoms. The number of carbonyl (C=O) groups is 1. The van der Waals surface area contributed by atoms with E-state index in [4.69, 9.17) is 0 Å². The van der Waals surface area contributed by atoms with Crippen molar-refractivity contribution in [3.63, 3.8) is 0 Å². The molecule has 0 spiro atoms. The van der Waals surface area contributed by atoms with Crippen LogP contribution in [0.15, 0.2) is 42.6 Å². The molecular formula is C18H11F7N4O2. The number of carbonyl (C=O) groups excluding carboxylic acids is 1. The fourth-order valence-corrected chi connectivity index (χ4v) is 2.55. The third-order valence-corrected chi connectivity index (χ3v) is 3.77. The van der Waals surface area contributed by atoms with Crippen LogP contribution in [-0.4, -0.2) is 34.0 Å². The van der Waals surface area contributed by atoms with Crippen molar-refractivity contribution in [3.8, 4) is 22.7 Å². The standard InChI is InChI=1S/C18H11F7N4O2/c19-11-3-10(4-13(5-11)31-8-17(20,21)22)14-6-16(27-9-30)28-29(14)12-1-2-15(26-7-12)18(23,24)25/h1-7,9H,8H2,(H,27,28,30). The zero-order valence-corrected chi connectivity index (χ0v) is 15.1. The quantitative estimate of drug-likeness (QED) is 0.442. The summed E-state index contributed by atoms with van der Waals surface area (Å²) < 4.78 is 95.0. The van der Waals surface area contributed by atoms with Crippen molar-refractivity contribution in [1.82, 2.24) is 14.8 Å². The number of pyridine rings is 1. The number of aromatic nitrogens is 3. The van der Waals surface area contributed by atoms with Crippen LogP contribution in [0.4, 0.5) is 36.6 Å². The van der Waals surface area contributed by atoms with Crippen LogP contribution in [0.1, 0.15) is 5.69 Å².